The lowest BCUT2D eigenvalue weighted by atomic mass is 9.95. The molecule has 10 heteroatoms. The summed E-state index contributed by atoms with van der Waals surface area (Å²) in [6.45, 7) is 2.09. The second kappa shape index (κ2) is 7.92. The van der Waals surface area contributed by atoms with Crippen molar-refractivity contribution in [3.05, 3.63) is 11.2 Å². The van der Waals surface area contributed by atoms with Gasteiger partial charge in [-0.3, -0.25) is 4.90 Å². The van der Waals surface area contributed by atoms with Crippen LogP contribution in [0.4, 0.5) is 10.2 Å². The van der Waals surface area contributed by atoms with E-state index < -0.39 is 6.17 Å². The molecule has 0 N–H and O–H groups in total. The van der Waals surface area contributed by atoms with Crippen molar-refractivity contribution in [2.45, 2.75) is 49.9 Å². The highest BCUT2D eigenvalue weighted by molar-refractivity contribution is 6.30. The number of hydrogen-bond donors (Lipinski definition) is 0. The van der Waals surface area contributed by atoms with E-state index in [2.05, 4.69) is 25.9 Å². The highest BCUT2D eigenvalue weighted by Crippen LogP contribution is 2.41. The number of hydrogen-bond acceptors (Lipinski definition) is 8. The second-order valence-electron chi connectivity index (χ2n) is 8.61. The molecule has 0 aromatic carbocycles. The van der Waals surface area contributed by atoms with Crippen LogP contribution < -0.4 is 14.4 Å². The molecule has 164 valence electrons. The first-order valence-corrected chi connectivity index (χ1v) is 11.0. The minimum atomic E-state index is -0.817. The van der Waals surface area contributed by atoms with Crippen LogP contribution in [0.1, 0.15) is 32.1 Å². The summed E-state index contributed by atoms with van der Waals surface area (Å²) in [4.78, 5) is 17.8. The molecule has 2 aromatic rings. The second-order valence-corrected chi connectivity index (χ2v) is 9.00. The number of alkyl halides is 1. The van der Waals surface area contributed by atoms with Gasteiger partial charge in [0, 0.05) is 32.5 Å². The van der Waals surface area contributed by atoms with Crippen LogP contribution in [0, 0.1) is 11.3 Å². The number of halogens is 2. The minimum absolute atomic E-state index is 0.0513. The number of rotatable bonds is 5. The van der Waals surface area contributed by atoms with Gasteiger partial charge in [-0.05, 0) is 25.8 Å². The average Bonchev–Trinajstić information content (AvgIpc) is 3.22. The van der Waals surface area contributed by atoms with E-state index in [1.807, 2.05) is 11.9 Å². The fourth-order valence-electron chi connectivity index (χ4n) is 5.09. The molecule has 0 radical (unpaired) electrons. The predicted molar refractivity (Wildman–Crippen MR) is 113 cm³/mol. The monoisotopic (exact) mass is 446 g/mol. The van der Waals surface area contributed by atoms with Crippen LogP contribution in [-0.4, -0.2) is 71.0 Å². The molecule has 5 heterocycles. The number of nitriles is 1. The van der Waals surface area contributed by atoms with Gasteiger partial charge < -0.3 is 14.4 Å². The Kier molecular flexibility index (Phi) is 5.22. The maximum absolute atomic E-state index is 14.1. The highest BCUT2D eigenvalue weighted by Gasteiger charge is 2.49. The van der Waals surface area contributed by atoms with E-state index in [-0.39, 0.29) is 22.7 Å². The summed E-state index contributed by atoms with van der Waals surface area (Å²) in [5.74, 6) is 1.02. The highest BCUT2D eigenvalue weighted by atomic mass is 35.5. The smallest absolute Gasteiger partial charge is 0.319 e. The molecule has 0 amide bonds. The molecule has 31 heavy (non-hydrogen) atoms. The molecule has 5 rings (SSSR count). The average molecular weight is 447 g/mol. The molecule has 0 unspecified atom stereocenters. The van der Waals surface area contributed by atoms with Crippen molar-refractivity contribution in [3.63, 3.8) is 0 Å². The van der Waals surface area contributed by atoms with E-state index in [1.165, 1.54) is 0 Å². The van der Waals surface area contributed by atoms with Gasteiger partial charge in [0.1, 0.15) is 35.7 Å². The van der Waals surface area contributed by atoms with Crippen LogP contribution in [0.5, 0.6) is 11.9 Å². The number of anilines is 1. The van der Waals surface area contributed by atoms with E-state index in [0.29, 0.717) is 61.6 Å². The van der Waals surface area contributed by atoms with E-state index in [4.69, 9.17) is 26.3 Å². The van der Waals surface area contributed by atoms with Crippen LogP contribution in [0.25, 0.3) is 10.9 Å². The Balaban J connectivity index is 1.49. The van der Waals surface area contributed by atoms with Gasteiger partial charge in [0.2, 0.25) is 5.88 Å². The number of likely N-dealkylation sites (N-methyl/N-ethyl adjacent to an activating group) is 1. The lowest BCUT2D eigenvalue weighted by Gasteiger charge is -2.31. The normalized spacial score (nSPS) is 27.6. The zero-order chi connectivity index (χ0) is 21.6. The van der Waals surface area contributed by atoms with E-state index in [0.717, 1.165) is 19.4 Å². The Bertz CT molecular complexity index is 1050. The summed E-state index contributed by atoms with van der Waals surface area (Å²) in [6, 6.07) is 4.03. The van der Waals surface area contributed by atoms with Gasteiger partial charge in [-0.25, -0.2) is 9.37 Å². The third kappa shape index (κ3) is 3.62. The molecule has 0 aliphatic carbocycles. The largest absolute Gasteiger partial charge is 0.475 e. The molecular formula is C21H24ClFN6O2. The molecule has 8 nitrogen and oxygen atoms in total. The van der Waals surface area contributed by atoms with Crippen LogP contribution in [-0.2, 0) is 0 Å². The van der Waals surface area contributed by atoms with Crippen molar-refractivity contribution in [2.24, 2.45) is 0 Å². The SMILES string of the molecule is CN1c2nc(OC[C@@]34CCCN3C[C@H](F)C4)nc3cc(Cl)nc(c23)OC[C@@H]1CCC#N. The van der Waals surface area contributed by atoms with Crippen molar-refractivity contribution < 1.29 is 13.9 Å². The van der Waals surface area contributed by atoms with Gasteiger partial charge in [-0.2, -0.15) is 15.2 Å². The molecule has 3 aliphatic heterocycles. The van der Waals surface area contributed by atoms with Crippen LogP contribution in [0.15, 0.2) is 6.07 Å². The van der Waals surface area contributed by atoms with Crippen LogP contribution in [0.3, 0.4) is 0 Å². The topological polar surface area (TPSA) is 87.4 Å². The zero-order valence-corrected chi connectivity index (χ0v) is 18.1. The number of fused-ring (bicyclic) bond motifs is 1. The standard InChI is InChI=1S/C21H24ClFN6O2/c1-28-14(4-2-6-24)11-30-19-17-15(8-16(22)26-19)25-20(27-18(17)28)31-12-21-5-3-7-29(21)10-13(23)9-21/h8,13-14H,2-5,7,9-12H2,1H3/t13-,14+,21+/m1/s1. The number of pyridine rings is 1. The molecule has 2 fully saturated rings. The van der Waals surface area contributed by atoms with Crippen molar-refractivity contribution in [3.8, 4) is 18.0 Å². The van der Waals surface area contributed by atoms with E-state index in [9.17, 15) is 4.39 Å². The van der Waals surface area contributed by atoms with Gasteiger partial charge in [-0.15, -0.1) is 0 Å². The molecule has 2 aromatic heterocycles. The Hall–Kier alpha value is -2.44. The summed E-state index contributed by atoms with van der Waals surface area (Å²) in [6.07, 6.45) is 2.67. The predicted octanol–water partition coefficient (Wildman–Crippen LogP) is 3.13. The lowest BCUT2D eigenvalue weighted by molar-refractivity contribution is 0.107. The van der Waals surface area contributed by atoms with Gasteiger partial charge in [-0.1, -0.05) is 11.6 Å². The fourth-order valence-corrected chi connectivity index (χ4v) is 5.27. The van der Waals surface area contributed by atoms with Gasteiger partial charge in [0.05, 0.1) is 23.2 Å². The molecule has 3 aliphatic rings. The van der Waals surface area contributed by atoms with Crippen molar-refractivity contribution >= 4 is 28.3 Å². The van der Waals surface area contributed by atoms with E-state index in [1.54, 1.807) is 6.07 Å². The number of nitrogens with zero attached hydrogens (tertiary/aromatic N) is 6. The van der Waals surface area contributed by atoms with Gasteiger partial charge in [0.25, 0.3) is 0 Å². The summed E-state index contributed by atoms with van der Waals surface area (Å²) in [5, 5.41) is 9.95. The molecule has 0 saturated carbocycles. The lowest BCUT2D eigenvalue weighted by Crippen LogP contribution is -2.43. The Morgan fingerprint density at radius 3 is 3.13 bits per heavy atom. The summed E-state index contributed by atoms with van der Waals surface area (Å²) in [5.41, 5.74) is 0.301. The van der Waals surface area contributed by atoms with E-state index >= 15 is 0 Å². The first-order chi connectivity index (χ1) is 15.0. The summed E-state index contributed by atoms with van der Waals surface area (Å²) < 4.78 is 26.1. The van der Waals surface area contributed by atoms with Crippen LogP contribution >= 0.6 is 11.6 Å². The Morgan fingerprint density at radius 2 is 2.29 bits per heavy atom. The van der Waals surface area contributed by atoms with Crippen molar-refractivity contribution in [1.29, 1.82) is 5.26 Å². The van der Waals surface area contributed by atoms with Gasteiger partial charge >= 0.3 is 6.01 Å². The molecule has 2 saturated heterocycles. The van der Waals surface area contributed by atoms with Crippen LogP contribution in [0.2, 0.25) is 5.15 Å². The molecule has 0 spiro atoms. The Morgan fingerprint density at radius 1 is 1.42 bits per heavy atom. The summed E-state index contributed by atoms with van der Waals surface area (Å²) in [7, 11) is 1.92. The minimum Gasteiger partial charge on any atom is -0.475 e. The maximum Gasteiger partial charge on any atom is 0.319 e. The van der Waals surface area contributed by atoms with Crippen molar-refractivity contribution in [1.82, 2.24) is 19.9 Å². The van der Waals surface area contributed by atoms with Gasteiger partial charge in [0.15, 0.2) is 0 Å². The first kappa shape index (κ1) is 20.5. The number of aromatic nitrogens is 3. The quantitative estimate of drug-likeness (QED) is 0.647. The third-order valence-corrected chi connectivity index (χ3v) is 6.88. The molecular weight excluding hydrogens is 423 g/mol. The first-order valence-electron chi connectivity index (χ1n) is 10.6. The van der Waals surface area contributed by atoms with Crippen molar-refractivity contribution in [2.75, 3.05) is 38.3 Å². The zero-order valence-electron chi connectivity index (χ0n) is 17.4. The maximum atomic E-state index is 14.1. The summed E-state index contributed by atoms with van der Waals surface area (Å²) >= 11 is 6.21. The molecule has 3 atom stereocenters. The third-order valence-electron chi connectivity index (χ3n) is 6.69. The molecule has 0 bridgehead atoms. The number of ether oxygens (including phenoxy) is 2. The fraction of sp³-hybridized carbons (Fsp3) is 0.619. The Labute approximate surface area is 184 Å².